The van der Waals surface area contributed by atoms with Crippen LogP contribution in [0.5, 0.6) is 0 Å². The highest BCUT2D eigenvalue weighted by Gasteiger charge is 2.30. The number of carboxylic acid groups (broad SMARTS) is 1. The molecule has 108 valence electrons. The van der Waals surface area contributed by atoms with E-state index < -0.39 is 11.9 Å². The van der Waals surface area contributed by atoms with E-state index in [1.54, 1.807) is 24.3 Å². The quantitative estimate of drug-likeness (QED) is 0.582. The number of carbonyl (C=O) groups excluding carboxylic acids is 1. The number of rotatable bonds is 3. The fourth-order valence-corrected chi connectivity index (χ4v) is 2.66. The molecule has 0 heterocycles. The summed E-state index contributed by atoms with van der Waals surface area (Å²) < 4.78 is 0. The Labute approximate surface area is 118 Å². The number of anilines is 1. The van der Waals surface area contributed by atoms with E-state index in [2.05, 4.69) is 5.32 Å². The molecule has 1 amide bonds. The van der Waals surface area contributed by atoms with Gasteiger partial charge in [-0.3, -0.25) is 9.59 Å². The van der Waals surface area contributed by atoms with Crippen molar-refractivity contribution in [2.24, 2.45) is 5.92 Å². The topological polar surface area (TPSA) is 92.4 Å². The van der Waals surface area contributed by atoms with E-state index in [4.69, 9.17) is 5.73 Å². The molecule has 2 unspecified atom stereocenters. The van der Waals surface area contributed by atoms with Gasteiger partial charge in [0.1, 0.15) is 0 Å². The normalized spacial score (nSPS) is 22.8. The Morgan fingerprint density at radius 1 is 1.10 bits per heavy atom. The van der Waals surface area contributed by atoms with Crippen LogP contribution in [0.25, 0.3) is 0 Å². The lowest BCUT2D eigenvalue weighted by atomic mass is 9.94. The van der Waals surface area contributed by atoms with Crippen LogP contribution in [0.3, 0.4) is 0 Å². The third-order valence-corrected chi connectivity index (χ3v) is 3.82. The van der Waals surface area contributed by atoms with Crippen molar-refractivity contribution in [1.82, 2.24) is 5.32 Å². The average molecular weight is 276 g/mol. The molecular weight excluding hydrogens is 256 g/mol. The van der Waals surface area contributed by atoms with E-state index in [1.165, 1.54) is 0 Å². The first-order valence-corrected chi connectivity index (χ1v) is 6.97. The lowest BCUT2D eigenvalue weighted by Gasteiger charge is -2.22. The van der Waals surface area contributed by atoms with E-state index in [9.17, 15) is 14.7 Å². The van der Waals surface area contributed by atoms with Gasteiger partial charge in [0, 0.05) is 17.3 Å². The lowest BCUT2D eigenvalue weighted by Crippen LogP contribution is -2.42. The number of carbonyl (C=O) groups is 2. The molecule has 1 saturated carbocycles. The minimum Gasteiger partial charge on any atom is -0.481 e. The molecule has 1 aromatic rings. The molecule has 20 heavy (non-hydrogen) atoms. The number of nitrogens with two attached hydrogens (primary N) is 1. The first kappa shape index (κ1) is 14.4. The standard InChI is InChI=1S/C15H20N2O3/c16-11-8-6-10(7-9-11)14(18)17-13-5-3-1-2-4-12(13)15(19)20/h6-9,12-13H,1-5,16H2,(H,17,18)(H,19,20). The largest absolute Gasteiger partial charge is 0.481 e. The predicted molar refractivity (Wildman–Crippen MR) is 76.3 cm³/mol. The van der Waals surface area contributed by atoms with Crippen LogP contribution in [-0.2, 0) is 4.79 Å². The highest BCUT2D eigenvalue weighted by molar-refractivity contribution is 5.95. The summed E-state index contributed by atoms with van der Waals surface area (Å²) in [6.45, 7) is 0. The van der Waals surface area contributed by atoms with Crippen molar-refractivity contribution in [3.8, 4) is 0 Å². The Morgan fingerprint density at radius 3 is 2.40 bits per heavy atom. The van der Waals surface area contributed by atoms with Gasteiger partial charge < -0.3 is 16.2 Å². The third-order valence-electron chi connectivity index (χ3n) is 3.82. The Kier molecular flexibility index (Phi) is 4.61. The number of amides is 1. The Hall–Kier alpha value is -2.04. The van der Waals surface area contributed by atoms with Crippen LogP contribution in [-0.4, -0.2) is 23.0 Å². The minimum absolute atomic E-state index is 0.233. The van der Waals surface area contributed by atoms with Crippen LogP contribution in [0.4, 0.5) is 5.69 Å². The zero-order valence-electron chi connectivity index (χ0n) is 11.3. The van der Waals surface area contributed by atoms with Gasteiger partial charge in [-0.1, -0.05) is 19.3 Å². The molecule has 0 aliphatic heterocycles. The van der Waals surface area contributed by atoms with Gasteiger partial charge in [0.05, 0.1) is 5.92 Å². The molecule has 2 rings (SSSR count). The van der Waals surface area contributed by atoms with Gasteiger partial charge in [-0.15, -0.1) is 0 Å². The van der Waals surface area contributed by atoms with E-state index in [-0.39, 0.29) is 11.9 Å². The summed E-state index contributed by atoms with van der Waals surface area (Å²) in [6, 6.07) is 6.34. The van der Waals surface area contributed by atoms with Crippen LogP contribution in [0.1, 0.15) is 42.5 Å². The molecule has 5 heteroatoms. The Bertz CT molecular complexity index is 484. The maximum Gasteiger partial charge on any atom is 0.308 e. The van der Waals surface area contributed by atoms with Crippen molar-refractivity contribution in [2.45, 2.75) is 38.1 Å². The SMILES string of the molecule is Nc1ccc(C(=O)NC2CCCCCC2C(=O)O)cc1. The zero-order chi connectivity index (χ0) is 14.5. The number of benzene rings is 1. The number of hydrogen-bond acceptors (Lipinski definition) is 3. The first-order valence-electron chi connectivity index (χ1n) is 6.97. The second kappa shape index (κ2) is 6.41. The summed E-state index contributed by atoms with van der Waals surface area (Å²) in [5, 5.41) is 12.2. The molecule has 0 radical (unpaired) electrons. The van der Waals surface area contributed by atoms with Gasteiger partial charge in [-0.05, 0) is 37.1 Å². The molecule has 1 aliphatic carbocycles. The lowest BCUT2D eigenvalue weighted by molar-refractivity contribution is -0.142. The smallest absolute Gasteiger partial charge is 0.308 e. The number of nitrogens with one attached hydrogen (secondary N) is 1. The maximum absolute atomic E-state index is 12.2. The molecule has 0 saturated heterocycles. The van der Waals surface area contributed by atoms with Gasteiger partial charge in [-0.25, -0.2) is 0 Å². The number of nitrogen functional groups attached to an aromatic ring is 1. The number of carboxylic acids is 1. The fraction of sp³-hybridized carbons (Fsp3) is 0.467. The number of hydrogen-bond donors (Lipinski definition) is 3. The average Bonchev–Trinajstić information content (AvgIpc) is 2.65. The van der Waals surface area contributed by atoms with E-state index in [0.29, 0.717) is 17.7 Å². The molecule has 0 aromatic heterocycles. The monoisotopic (exact) mass is 276 g/mol. The van der Waals surface area contributed by atoms with Crippen molar-refractivity contribution in [3.63, 3.8) is 0 Å². The van der Waals surface area contributed by atoms with Crippen LogP contribution >= 0.6 is 0 Å². The predicted octanol–water partition coefficient (Wildman–Crippen LogP) is 2.03. The molecule has 1 aromatic carbocycles. The highest BCUT2D eigenvalue weighted by atomic mass is 16.4. The Balaban J connectivity index is 2.07. The van der Waals surface area contributed by atoms with E-state index >= 15 is 0 Å². The molecule has 5 nitrogen and oxygen atoms in total. The van der Waals surface area contributed by atoms with Crippen molar-refractivity contribution >= 4 is 17.6 Å². The van der Waals surface area contributed by atoms with E-state index in [0.717, 1.165) is 25.7 Å². The summed E-state index contributed by atoms with van der Waals surface area (Å²) in [5.41, 5.74) is 6.69. The summed E-state index contributed by atoms with van der Waals surface area (Å²) in [6.07, 6.45) is 4.24. The van der Waals surface area contributed by atoms with E-state index in [1.807, 2.05) is 0 Å². The summed E-state index contributed by atoms with van der Waals surface area (Å²) in [4.78, 5) is 23.5. The van der Waals surface area contributed by atoms with Gasteiger partial charge in [0.2, 0.25) is 0 Å². The van der Waals surface area contributed by atoms with Gasteiger partial charge in [0.15, 0.2) is 0 Å². The van der Waals surface area contributed by atoms with Crippen LogP contribution in [0.2, 0.25) is 0 Å². The van der Waals surface area contributed by atoms with Crippen molar-refractivity contribution < 1.29 is 14.7 Å². The van der Waals surface area contributed by atoms with Crippen LogP contribution < -0.4 is 11.1 Å². The molecule has 1 fully saturated rings. The van der Waals surface area contributed by atoms with Gasteiger partial charge in [-0.2, -0.15) is 0 Å². The summed E-state index contributed by atoms with van der Waals surface area (Å²) >= 11 is 0. The van der Waals surface area contributed by atoms with Crippen molar-refractivity contribution in [1.29, 1.82) is 0 Å². The summed E-state index contributed by atoms with van der Waals surface area (Å²) in [7, 11) is 0. The van der Waals surface area contributed by atoms with Crippen molar-refractivity contribution in [2.75, 3.05) is 5.73 Å². The number of aliphatic carboxylic acids is 1. The Morgan fingerprint density at radius 2 is 1.75 bits per heavy atom. The summed E-state index contributed by atoms with van der Waals surface area (Å²) in [5.74, 6) is -1.55. The van der Waals surface area contributed by atoms with Gasteiger partial charge >= 0.3 is 5.97 Å². The molecule has 0 spiro atoms. The van der Waals surface area contributed by atoms with Gasteiger partial charge in [0.25, 0.3) is 5.91 Å². The van der Waals surface area contributed by atoms with Crippen LogP contribution in [0, 0.1) is 5.92 Å². The zero-order valence-corrected chi connectivity index (χ0v) is 11.3. The minimum atomic E-state index is -0.825. The molecule has 1 aliphatic rings. The first-order chi connectivity index (χ1) is 9.58. The molecular formula is C15H20N2O3. The van der Waals surface area contributed by atoms with Crippen molar-refractivity contribution in [3.05, 3.63) is 29.8 Å². The second-order valence-electron chi connectivity index (χ2n) is 5.28. The third kappa shape index (κ3) is 3.50. The molecule has 2 atom stereocenters. The molecule has 0 bridgehead atoms. The highest BCUT2D eigenvalue weighted by Crippen LogP contribution is 2.24. The maximum atomic E-state index is 12.2. The van der Waals surface area contributed by atoms with Crippen LogP contribution in [0.15, 0.2) is 24.3 Å². The second-order valence-corrected chi connectivity index (χ2v) is 5.28. The molecule has 4 N–H and O–H groups in total. The fourth-order valence-electron chi connectivity index (χ4n) is 2.66.